The third-order valence-corrected chi connectivity index (χ3v) is 3.74. The Morgan fingerprint density at radius 1 is 1.48 bits per heavy atom. The Hall–Kier alpha value is -1.53. The highest BCUT2D eigenvalue weighted by Crippen LogP contribution is 2.32. The first-order chi connectivity index (χ1) is 9.92. The highest BCUT2D eigenvalue weighted by atomic mass is 79.9. The molecule has 1 aromatic heterocycles. The summed E-state index contributed by atoms with van der Waals surface area (Å²) in [6, 6.07) is 4.11. The van der Waals surface area contributed by atoms with Crippen LogP contribution in [-0.4, -0.2) is 13.1 Å². The van der Waals surface area contributed by atoms with Crippen molar-refractivity contribution in [1.82, 2.24) is 0 Å². The molecular weight excluding hydrogens is 365 g/mol. The molecule has 0 fully saturated rings. The third-order valence-electron chi connectivity index (χ3n) is 2.82. The molecule has 0 spiro atoms. The van der Waals surface area contributed by atoms with E-state index in [0.717, 1.165) is 0 Å². The normalized spacial score (nSPS) is 10.5. The van der Waals surface area contributed by atoms with E-state index in [2.05, 4.69) is 26.0 Å². The number of aryl methyl sites for hydroxylation is 1. The molecule has 0 radical (unpaired) electrons. The number of esters is 1. The average molecular weight is 377 g/mol. The standard InChI is InChI=1S/C14H12BrClFNO3/c1-7-10(14(19)20-2)5-9(21-7)6-18-13-11(15)3-8(17)4-12(13)16/h3-5,18H,6H2,1-2H3. The minimum atomic E-state index is -0.455. The zero-order valence-corrected chi connectivity index (χ0v) is 13.6. The summed E-state index contributed by atoms with van der Waals surface area (Å²) in [5.41, 5.74) is 0.922. The zero-order valence-electron chi connectivity index (χ0n) is 11.3. The maximum atomic E-state index is 13.1. The summed E-state index contributed by atoms with van der Waals surface area (Å²) in [6.45, 7) is 1.97. The fraction of sp³-hybridized carbons (Fsp3) is 0.214. The van der Waals surface area contributed by atoms with Gasteiger partial charge in [0.05, 0.1) is 24.4 Å². The van der Waals surface area contributed by atoms with Crippen molar-refractivity contribution in [2.75, 3.05) is 12.4 Å². The quantitative estimate of drug-likeness (QED) is 0.796. The van der Waals surface area contributed by atoms with Crippen LogP contribution in [0.15, 0.2) is 27.1 Å². The number of halogens is 3. The summed E-state index contributed by atoms with van der Waals surface area (Å²) in [5, 5.41) is 3.28. The molecule has 0 atom stereocenters. The van der Waals surface area contributed by atoms with E-state index in [9.17, 15) is 9.18 Å². The van der Waals surface area contributed by atoms with Gasteiger partial charge in [0, 0.05) is 4.47 Å². The van der Waals surface area contributed by atoms with Crippen LogP contribution in [0.4, 0.5) is 10.1 Å². The first kappa shape index (κ1) is 15.9. The number of nitrogens with one attached hydrogen (secondary N) is 1. The van der Waals surface area contributed by atoms with Crippen molar-refractivity contribution in [3.05, 3.63) is 50.6 Å². The van der Waals surface area contributed by atoms with Crippen molar-refractivity contribution in [1.29, 1.82) is 0 Å². The SMILES string of the molecule is COC(=O)c1cc(CNc2c(Cl)cc(F)cc2Br)oc1C. The number of hydrogen-bond acceptors (Lipinski definition) is 4. The maximum absolute atomic E-state index is 13.1. The molecule has 1 aromatic carbocycles. The second-order valence-electron chi connectivity index (χ2n) is 4.27. The van der Waals surface area contributed by atoms with Crippen molar-refractivity contribution in [3.63, 3.8) is 0 Å². The lowest BCUT2D eigenvalue weighted by Crippen LogP contribution is -2.02. The molecule has 0 unspecified atom stereocenters. The molecule has 0 saturated carbocycles. The number of rotatable bonds is 4. The van der Waals surface area contributed by atoms with Gasteiger partial charge in [0.15, 0.2) is 0 Å². The first-order valence-electron chi connectivity index (χ1n) is 5.98. The Balaban J connectivity index is 2.16. The highest BCUT2D eigenvalue weighted by molar-refractivity contribution is 9.10. The lowest BCUT2D eigenvalue weighted by molar-refractivity contribution is 0.0599. The zero-order chi connectivity index (χ0) is 15.6. The minimum Gasteiger partial charge on any atom is -0.465 e. The number of anilines is 1. The van der Waals surface area contributed by atoms with Crippen molar-refractivity contribution < 1.29 is 18.3 Å². The molecule has 2 rings (SSSR count). The van der Waals surface area contributed by atoms with Crippen LogP contribution in [-0.2, 0) is 11.3 Å². The molecular formula is C14H12BrClFNO3. The molecule has 1 N–H and O–H groups in total. The smallest absolute Gasteiger partial charge is 0.341 e. The molecule has 1 heterocycles. The Bertz CT molecular complexity index is 664. The summed E-state index contributed by atoms with van der Waals surface area (Å²) in [5.74, 6) is 0.130. The van der Waals surface area contributed by atoms with Crippen LogP contribution in [0.5, 0.6) is 0 Å². The van der Waals surface area contributed by atoms with Crippen LogP contribution < -0.4 is 5.32 Å². The van der Waals surface area contributed by atoms with Crippen LogP contribution in [0.2, 0.25) is 5.02 Å². The first-order valence-corrected chi connectivity index (χ1v) is 7.15. The van der Waals surface area contributed by atoms with Gasteiger partial charge in [-0.25, -0.2) is 9.18 Å². The number of benzene rings is 1. The van der Waals surface area contributed by atoms with Crippen molar-refractivity contribution >= 4 is 39.2 Å². The Kier molecular flexibility index (Phi) is 4.90. The maximum Gasteiger partial charge on any atom is 0.341 e. The summed E-state index contributed by atoms with van der Waals surface area (Å²) >= 11 is 9.21. The van der Waals surface area contributed by atoms with E-state index in [-0.39, 0.29) is 5.02 Å². The Morgan fingerprint density at radius 2 is 2.19 bits per heavy atom. The molecule has 0 aliphatic rings. The van der Waals surface area contributed by atoms with Crippen molar-refractivity contribution in [2.24, 2.45) is 0 Å². The molecule has 0 saturated heterocycles. The summed E-state index contributed by atoms with van der Waals surface area (Å²) in [7, 11) is 1.31. The van der Waals surface area contributed by atoms with Crippen LogP contribution >= 0.6 is 27.5 Å². The van der Waals surface area contributed by atoms with Gasteiger partial charge in [0.25, 0.3) is 0 Å². The third kappa shape index (κ3) is 3.57. The van der Waals surface area contributed by atoms with Crippen LogP contribution in [0, 0.1) is 12.7 Å². The molecule has 0 bridgehead atoms. The predicted molar refractivity (Wildman–Crippen MR) is 81.2 cm³/mol. The fourth-order valence-corrected chi connectivity index (χ4v) is 2.79. The minimum absolute atomic E-state index is 0.248. The summed E-state index contributed by atoms with van der Waals surface area (Å²) in [4.78, 5) is 11.5. The number of methoxy groups -OCH3 is 1. The molecule has 0 aliphatic heterocycles. The van der Waals surface area contributed by atoms with E-state index in [1.807, 2.05) is 0 Å². The monoisotopic (exact) mass is 375 g/mol. The largest absolute Gasteiger partial charge is 0.465 e. The van der Waals surface area contributed by atoms with E-state index in [4.69, 9.17) is 16.0 Å². The number of ether oxygens (including phenoxy) is 1. The molecule has 112 valence electrons. The fourth-order valence-electron chi connectivity index (χ4n) is 1.83. The van der Waals surface area contributed by atoms with E-state index < -0.39 is 11.8 Å². The van der Waals surface area contributed by atoms with Gasteiger partial charge in [0.1, 0.15) is 22.9 Å². The second-order valence-corrected chi connectivity index (χ2v) is 5.53. The van der Waals surface area contributed by atoms with Crippen molar-refractivity contribution in [2.45, 2.75) is 13.5 Å². The van der Waals surface area contributed by atoms with Crippen LogP contribution in [0.25, 0.3) is 0 Å². The van der Waals surface area contributed by atoms with E-state index in [1.165, 1.54) is 19.2 Å². The Morgan fingerprint density at radius 3 is 2.81 bits per heavy atom. The highest BCUT2D eigenvalue weighted by Gasteiger charge is 2.16. The number of furan rings is 1. The molecule has 21 heavy (non-hydrogen) atoms. The summed E-state index contributed by atoms with van der Waals surface area (Å²) in [6.07, 6.45) is 0. The number of carbonyl (C=O) groups excluding carboxylic acids is 1. The number of hydrogen-bond donors (Lipinski definition) is 1. The molecule has 0 aliphatic carbocycles. The van der Waals surface area contributed by atoms with Gasteiger partial charge in [-0.2, -0.15) is 0 Å². The van der Waals surface area contributed by atoms with Gasteiger partial charge in [-0.05, 0) is 41.1 Å². The second kappa shape index (κ2) is 6.49. The van der Waals surface area contributed by atoms with Crippen molar-refractivity contribution in [3.8, 4) is 0 Å². The van der Waals surface area contributed by atoms with E-state index >= 15 is 0 Å². The van der Waals surface area contributed by atoms with Gasteiger partial charge < -0.3 is 14.5 Å². The lowest BCUT2D eigenvalue weighted by atomic mass is 10.2. The van der Waals surface area contributed by atoms with Gasteiger partial charge in [-0.1, -0.05) is 11.6 Å². The van der Waals surface area contributed by atoms with Crippen LogP contribution in [0.3, 0.4) is 0 Å². The molecule has 0 amide bonds. The molecule has 7 heteroatoms. The average Bonchev–Trinajstić information content (AvgIpc) is 2.78. The molecule has 4 nitrogen and oxygen atoms in total. The lowest BCUT2D eigenvalue weighted by Gasteiger charge is -2.09. The van der Waals surface area contributed by atoms with Gasteiger partial charge >= 0.3 is 5.97 Å². The van der Waals surface area contributed by atoms with E-state index in [0.29, 0.717) is 33.8 Å². The molecule has 2 aromatic rings. The van der Waals surface area contributed by atoms with Gasteiger partial charge in [-0.3, -0.25) is 0 Å². The predicted octanol–water partition coefficient (Wildman–Crippen LogP) is 4.54. The van der Waals surface area contributed by atoms with Gasteiger partial charge in [-0.15, -0.1) is 0 Å². The Labute approximate surface area is 134 Å². The van der Waals surface area contributed by atoms with Gasteiger partial charge in [0.2, 0.25) is 0 Å². The summed E-state index contributed by atoms with van der Waals surface area (Å²) < 4.78 is 23.8. The van der Waals surface area contributed by atoms with Crippen LogP contribution in [0.1, 0.15) is 21.9 Å². The van der Waals surface area contributed by atoms with E-state index in [1.54, 1.807) is 13.0 Å². The topological polar surface area (TPSA) is 51.5 Å². The number of carbonyl (C=O) groups is 1.